The van der Waals surface area contributed by atoms with E-state index >= 15 is 0 Å². The molecule has 0 radical (unpaired) electrons. The van der Waals surface area contributed by atoms with E-state index in [0.717, 1.165) is 0 Å². The molecule has 0 saturated heterocycles. The first-order valence-electron chi connectivity index (χ1n) is 5.64. The predicted octanol–water partition coefficient (Wildman–Crippen LogP) is 1.75. The van der Waals surface area contributed by atoms with Gasteiger partial charge in [-0.25, -0.2) is 4.63 Å². The Morgan fingerprint density at radius 1 is 0.947 bits per heavy atom. The van der Waals surface area contributed by atoms with Crippen LogP contribution in [0.1, 0.15) is 13.8 Å². The fraction of sp³-hybridized carbons (Fsp3) is 0.167. The lowest BCUT2D eigenvalue weighted by atomic mass is 10.1. The maximum atomic E-state index is 11.8. The van der Waals surface area contributed by atoms with Gasteiger partial charge in [-0.2, -0.15) is 0 Å². The highest BCUT2D eigenvalue weighted by Crippen LogP contribution is 2.45. The van der Waals surface area contributed by atoms with E-state index in [1.807, 2.05) is 0 Å². The SMILES string of the molecule is CC(=O)N1c2ccccc2N(C(C)=O)c2nonc21. The van der Waals surface area contributed by atoms with Crippen LogP contribution in [-0.4, -0.2) is 22.1 Å². The van der Waals surface area contributed by atoms with Gasteiger partial charge in [-0.05, 0) is 22.4 Å². The Hall–Kier alpha value is -2.70. The van der Waals surface area contributed by atoms with E-state index in [9.17, 15) is 9.59 Å². The van der Waals surface area contributed by atoms with Crippen molar-refractivity contribution >= 4 is 34.8 Å². The van der Waals surface area contributed by atoms with Gasteiger partial charge in [0.1, 0.15) is 0 Å². The van der Waals surface area contributed by atoms with E-state index in [1.54, 1.807) is 24.3 Å². The fourth-order valence-electron chi connectivity index (χ4n) is 2.17. The lowest BCUT2D eigenvalue weighted by Gasteiger charge is -2.31. The van der Waals surface area contributed by atoms with Gasteiger partial charge in [0.15, 0.2) is 0 Å². The molecule has 0 unspecified atom stereocenters. The first-order valence-corrected chi connectivity index (χ1v) is 5.64. The van der Waals surface area contributed by atoms with E-state index < -0.39 is 0 Å². The quantitative estimate of drug-likeness (QED) is 0.719. The topological polar surface area (TPSA) is 79.5 Å². The normalized spacial score (nSPS) is 12.9. The minimum absolute atomic E-state index is 0.224. The van der Waals surface area contributed by atoms with E-state index in [-0.39, 0.29) is 23.5 Å². The third-order valence-electron chi connectivity index (χ3n) is 2.87. The first-order chi connectivity index (χ1) is 9.11. The molecule has 1 aromatic heterocycles. The van der Waals surface area contributed by atoms with Crippen molar-refractivity contribution < 1.29 is 14.2 Å². The van der Waals surface area contributed by atoms with Crippen LogP contribution in [-0.2, 0) is 9.59 Å². The Labute approximate surface area is 108 Å². The molecule has 2 heterocycles. The van der Waals surface area contributed by atoms with Crippen molar-refractivity contribution in [2.24, 2.45) is 0 Å². The van der Waals surface area contributed by atoms with Gasteiger partial charge < -0.3 is 0 Å². The van der Waals surface area contributed by atoms with Crippen LogP contribution in [0.2, 0.25) is 0 Å². The maximum Gasteiger partial charge on any atom is 0.230 e. The van der Waals surface area contributed by atoms with Gasteiger partial charge in [0.05, 0.1) is 11.4 Å². The summed E-state index contributed by atoms with van der Waals surface area (Å²) in [5.41, 5.74) is 1.15. The van der Waals surface area contributed by atoms with Crippen molar-refractivity contribution in [1.82, 2.24) is 10.3 Å². The Morgan fingerprint density at radius 3 is 1.74 bits per heavy atom. The lowest BCUT2D eigenvalue weighted by Crippen LogP contribution is -2.34. The third kappa shape index (κ3) is 1.51. The van der Waals surface area contributed by atoms with Crippen molar-refractivity contribution in [2.45, 2.75) is 13.8 Å². The van der Waals surface area contributed by atoms with E-state index in [2.05, 4.69) is 14.9 Å². The Kier molecular flexibility index (Phi) is 2.34. The van der Waals surface area contributed by atoms with Crippen molar-refractivity contribution in [3.05, 3.63) is 24.3 Å². The second-order valence-corrected chi connectivity index (χ2v) is 4.11. The highest BCUT2D eigenvalue weighted by Gasteiger charge is 2.36. The summed E-state index contributed by atoms with van der Waals surface area (Å²) in [7, 11) is 0. The zero-order valence-corrected chi connectivity index (χ0v) is 10.3. The van der Waals surface area contributed by atoms with Gasteiger partial charge in [-0.1, -0.05) is 12.1 Å². The van der Waals surface area contributed by atoms with Gasteiger partial charge >= 0.3 is 0 Å². The van der Waals surface area contributed by atoms with Gasteiger partial charge in [-0.3, -0.25) is 19.4 Å². The molecular formula is C12H10N4O3. The van der Waals surface area contributed by atoms with Crippen LogP contribution in [0.5, 0.6) is 0 Å². The molecule has 0 saturated carbocycles. The Morgan fingerprint density at radius 2 is 1.37 bits per heavy atom. The number of hydrogen-bond acceptors (Lipinski definition) is 5. The molecule has 2 amide bonds. The van der Waals surface area contributed by atoms with E-state index in [0.29, 0.717) is 11.4 Å². The minimum atomic E-state index is -0.229. The summed E-state index contributed by atoms with van der Waals surface area (Å²) in [5, 5.41) is 7.43. The molecule has 7 heteroatoms. The van der Waals surface area contributed by atoms with Crippen LogP contribution >= 0.6 is 0 Å². The molecule has 96 valence electrons. The molecule has 0 N–H and O–H groups in total. The van der Waals surface area contributed by atoms with Crippen molar-refractivity contribution in [3.63, 3.8) is 0 Å². The lowest BCUT2D eigenvalue weighted by molar-refractivity contribution is -0.117. The molecule has 7 nitrogen and oxygen atoms in total. The monoisotopic (exact) mass is 258 g/mol. The number of para-hydroxylation sites is 2. The molecule has 3 rings (SSSR count). The molecule has 1 aromatic carbocycles. The van der Waals surface area contributed by atoms with Gasteiger partial charge in [0.25, 0.3) is 0 Å². The highest BCUT2D eigenvalue weighted by molar-refractivity contribution is 6.13. The van der Waals surface area contributed by atoms with Gasteiger partial charge in [0, 0.05) is 13.8 Å². The molecule has 19 heavy (non-hydrogen) atoms. The largest absolute Gasteiger partial charge is 0.274 e. The number of carbonyl (C=O) groups is 2. The number of nitrogens with zero attached hydrogens (tertiary/aromatic N) is 4. The summed E-state index contributed by atoms with van der Waals surface area (Å²) in [5.74, 6) is -0.0111. The molecule has 1 aliphatic rings. The number of hydrogen-bond donors (Lipinski definition) is 0. The summed E-state index contributed by atoms with van der Waals surface area (Å²) in [6, 6.07) is 7.05. The third-order valence-corrected chi connectivity index (χ3v) is 2.87. The number of benzene rings is 1. The fourth-order valence-corrected chi connectivity index (χ4v) is 2.17. The van der Waals surface area contributed by atoms with Gasteiger partial charge in [-0.15, -0.1) is 0 Å². The maximum absolute atomic E-state index is 11.8. The molecule has 0 spiro atoms. The summed E-state index contributed by atoms with van der Waals surface area (Å²) < 4.78 is 4.67. The van der Waals surface area contributed by atoms with Gasteiger partial charge in [0.2, 0.25) is 23.5 Å². The summed E-state index contributed by atoms with van der Waals surface area (Å²) in [6.45, 7) is 2.83. The van der Waals surface area contributed by atoms with Crippen LogP contribution in [0.4, 0.5) is 23.0 Å². The Balaban J connectivity index is 2.31. The summed E-state index contributed by atoms with van der Waals surface area (Å²) >= 11 is 0. The standard InChI is InChI=1S/C12H10N4O3/c1-7(17)15-9-5-3-4-6-10(9)16(8(2)18)12-11(15)13-19-14-12/h3-6H,1-2H3. The average molecular weight is 258 g/mol. The second-order valence-electron chi connectivity index (χ2n) is 4.11. The number of aromatic nitrogens is 2. The van der Waals surface area contributed by atoms with Crippen molar-refractivity contribution in [3.8, 4) is 0 Å². The minimum Gasteiger partial charge on any atom is -0.274 e. The molecule has 1 aliphatic heterocycles. The number of amides is 2. The number of carbonyl (C=O) groups excluding carboxylic acids is 2. The number of fused-ring (bicyclic) bond motifs is 2. The van der Waals surface area contributed by atoms with Crippen molar-refractivity contribution in [2.75, 3.05) is 9.80 Å². The molecule has 2 aromatic rings. The highest BCUT2D eigenvalue weighted by atomic mass is 16.6. The first kappa shape index (κ1) is 11.4. The summed E-state index contributed by atoms with van der Waals surface area (Å²) in [4.78, 5) is 26.4. The van der Waals surface area contributed by atoms with E-state index in [4.69, 9.17) is 0 Å². The molecular weight excluding hydrogens is 248 g/mol. The summed E-state index contributed by atoms with van der Waals surface area (Å²) in [6.07, 6.45) is 0. The van der Waals surface area contributed by atoms with E-state index in [1.165, 1.54) is 23.6 Å². The van der Waals surface area contributed by atoms with Crippen LogP contribution in [0.3, 0.4) is 0 Å². The van der Waals surface area contributed by atoms with Crippen LogP contribution in [0.15, 0.2) is 28.9 Å². The smallest absolute Gasteiger partial charge is 0.230 e. The molecule has 0 aliphatic carbocycles. The van der Waals surface area contributed by atoms with Crippen molar-refractivity contribution in [1.29, 1.82) is 0 Å². The van der Waals surface area contributed by atoms with Crippen LogP contribution < -0.4 is 9.80 Å². The number of rotatable bonds is 0. The second kappa shape index (κ2) is 3.91. The predicted molar refractivity (Wildman–Crippen MR) is 66.4 cm³/mol. The molecule has 0 fully saturated rings. The van der Waals surface area contributed by atoms with Crippen LogP contribution in [0.25, 0.3) is 0 Å². The molecule has 0 bridgehead atoms. The Bertz CT molecular complexity index is 624. The van der Waals surface area contributed by atoms with Crippen LogP contribution in [0, 0.1) is 0 Å². The molecule has 0 atom stereocenters. The zero-order chi connectivity index (χ0) is 13.6. The number of anilines is 4. The average Bonchev–Trinajstić information content (AvgIpc) is 2.82. The zero-order valence-electron chi connectivity index (χ0n) is 10.3.